The molecule has 0 aromatic heterocycles. The average Bonchev–Trinajstić information content (AvgIpc) is 2.75. The topological polar surface area (TPSA) is 74.6 Å². The standard InChI is InChI=1S/C28H46O4/c1-4-5-6-7-8-9-10-11-12-13-14-15-16-17-18-19-24-23(22(2)3)20-21-25(27(29)30)26(24)28(31)32/h20-22H,4-19H2,1-3H3,(H,29,30)(H,31,32). The first-order valence-corrected chi connectivity index (χ1v) is 13.0. The van der Waals surface area contributed by atoms with E-state index in [4.69, 9.17) is 0 Å². The highest BCUT2D eigenvalue weighted by Crippen LogP contribution is 2.28. The molecule has 0 atom stereocenters. The summed E-state index contributed by atoms with van der Waals surface area (Å²) in [6.45, 7) is 6.31. The fourth-order valence-corrected chi connectivity index (χ4v) is 4.57. The summed E-state index contributed by atoms with van der Waals surface area (Å²) in [5.41, 5.74) is 1.55. The van der Waals surface area contributed by atoms with Crippen molar-refractivity contribution in [2.45, 2.75) is 129 Å². The van der Waals surface area contributed by atoms with Crippen LogP contribution in [0.25, 0.3) is 0 Å². The van der Waals surface area contributed by atoms with E-state index in [-0.39, 0.29) is 17.0 Å². The Morgan fingerprint density at radius 1 is 0.688 bits per heavy atom. The highest BCUT2D eigenvalue weighted by atomic mass is 16.4. The van der Waals surface area contributed by atoms with Crippen molar-refractivity contribution in [3.8, 4) is 0 Å². The van der Waals surface area contributed by atoms with Crippen LogP contribution in [0.15, 0.2) is 12.1 Å². The zero-order valence-electron chi connectivity index (χ0n) is 20.8. The third-order valence-corrected chi connectivity index (χ3v) is 6.45. The van der Waals surface area contributed by atoms with Gasteiger partial charge in [0.05, 0.1) is 11.1 Å². The van der Waals surface area contributed by atoms with Gasteiger partial charge in [0.1, 0.15) is 0 Å². The van der Waals surface area contributed by atoms with E-state index < -0.39 is 11.9 Å². The van der Waals surface area contributed by atoms with E-state index in [1.54, 1.807) is 6.07 Å². The maximum absolute atomic E-state index is 11.8. The first kappa shape index (κ1) is 28.2. The number of carbonyl (C=O) groups is 2. The normalized spacial score (nSPS) is 11.2. The third kappa shape index (κ3) is 10.7. The summed E-state index contributed by atoms with van der Waals surface area (Å²) in [6.07, 6.45) is 20.0. The van der Waals surface area contributed by atoms with Gasteiger partial charge in [0.15, 0.2) is 0 Å². The van der Waals surface area contributed by atoms with Crippen LogP contribution in [-0.4, -0.2) is 22.2 Å². The van der Waals surface area contributed by atoms with E-state index in [0.717, 1.165) is 24.8 Å². The molecule has 0 aliphatic carbocycles. The Hall–Kier alpha value is -1.84. The second-order valence-corrected chi connectivity index (χ2v) is 9.52. The summed E-state index contributed by atoms with van der Waals surface area (Å²) < 4.78 is 0. The van der Waals surface area contributed by atoms with Gasteiger partial charge in [-0.2, -0.15) is 0 Å². The molecule has 0 amide bonds. The van der Waals surface area contributed by atoms with Crippen molar-refractivity contribution >= 4 is 11.9 Å². The Bertz CT molecular complexity index is 678. The number of rotatable bonds is 19. The number of hydrogen-bond acceptors (Lipinski definition) is 2. The van der Waals surface area contributed by atoms with Crippen LogP contribution < -0.4 is 0 Å². The molecule has 4 heteroatoms. The number of carboxylic acids is 2. The first-order valence-electron chi connectivity index (χ1n) is 13.0. The quantitative estimate of drug-likeness (QED) is 0.209. The van der Waals surface area contributed by atoms with Gasteiger partial charge in [-0.3, -0.25) is 0 Å². The minimum atomic E-state index is -1.17. The maximum Gasteiger partial charge on any atom is 0.336 e. The Labute approximate surface area is 195 Å². The lowest BCUT2D eigenvalue weighted by atomic mass is 9.87. The van der Waals surface area contributed by atoms with Gasteiger partial charge in [0.2, 0.25) is 0 Å². The van der Waals surface area contributed by atoms with Gasteiger partial charge in [-0.25, -0.2) is 9.59 Å². The fraction of sp³-hybridized carbons (Fsp3) is 0.714. The number of unbranched alkanes of at least 4 members (excludes halogenated alkanes) is 14. The number of aromatic carboxylic acids is 2. The Kier molecular flexibility index (Phi) is 14.8. The molecule has 182 valence electrons. The summed E-state index contributed by atoms with van der Waals surface area (Å²) in [4.78, 5) is 23.3. The van der Waals surface area contributed by atoms with Gasteiger partial charge in [0, 0.05) is 0 Å². The molecule has 0 aliphatic rings. The summed E-state index contributed by atoms with van der Waals surface area (Å²) in [6, 6.07) is 3.23. The van der Waals surface area contributed by atoms with Crippen LogP contribution in [0.5, 0.6) is 0 Å². The molecule has 0 saturated heterocycles. The molecule has 0 aliphatic heterocycles. The van der Waals surface area contributed by atoms with Gasteiger partial charge >= 0.3 is 11.9 Å². The molecule has 1 aromatic carbocycles. The molecule has 0 radical (unpaired) electrons. The Morgan fingerprint density at radius 3 is 1.50 bits per heavy atom. The molecule has 4 nitrogen and oxygen atoms in total. The number of benzene rings is 1. The van der Waals surface area contributed by atoms with Crippen molar-refractivity contribution in [3.05, 3.63) is 34.4 Å². The zero-order valence-corrected chi connectivity index (χ0v) is 20.8. The van der Waals surface area contributed by atoms with Crippen LogP contribution in [0.2, 0.25) is 0 Å². The SMILES string of the molecule is CCCCCCCCCCCCCCCCCc1c(C(C)C)ccc(C(=O)O)c1C(=O)O. The summed E-state index contributed by atoms with van der Waals surface area (Å²) in [5.74, 6) is -2.14. The maximum atomic E-state index is 11.8. The minimum Gasteiger partial charge on any atom is -0.478 e. The van der Waals surface area contributed by atoms with Crippen molar-refractivity contribution in [2.75, 3.05) is 0 Å². The molecule has 1 rings (SSSR count). The molecule has 0 heterocycles. The van der Waals surface area contributed by atoms with E-state index in [0.29, 0.717) is 12.0 Å². The van der Waals surface area contributed by atoms with Gasteiger partial charge < -0.3 is 10.2 Å². The van der Waals surface area contributed by atoms with Crippen LogP contribution in [0.1, 0.15) is 155 Å². The Morgan fingerprint density at radius 2 is 1.12 bits per heavy atom. The van der Waals surface area contributed by atoms with E-state index in [9.17, 15) is 19.8 Å². The lowest BCUT2D eigenvalue weighted by molar-refractivity contribution is 0.0650. The highest BCUT2D eigenvalue weighted by molar-refractivity contribution is 6.03. The van der Waals surface area contributed by atoms with E-state index in [2.05, 4.69) is 6.92 Å². The molecule has 0 spiro atoms. The molecule has 0 fully saturated rings. The van der Waals surface area contributed by atoms with Crippen LogP contribution >= 0.6 is 0 Å². The molecule has 0 unspecified atom stereocenters. The Balaban J connectivity index is 2.29. The van der Waals surface area contributed by atoms with Crippen molar-refractivity contribution in [3.63, 3.8) is 0 Å². The van der Waals surface area contributed by atoms with Crippen molar-refractivity contribution in [2.24, 2.45) is 0 Å². The largest absolute Gasteiger partial charge is 0.478 e. The van der Waals surface area contributed by atoms with Crippen LogP contribution in [0, 0.1) is 0 Å². The predicted octanol–water partition coefficient (Wildman–Crippen LogP) is 8.62. The fourth-order valence-electron chi connectivity index (χ4n) is 4.57. The second-order valence-electron chi connectivity index (χ2n) is 9.52. The lowest BCUT2D eigenvalue weighted by Gasteiger charge is -2.17. The molecule has 2 N–H and O–H groups in total. The predicted molar refractivity (Wildman–Crippen MR) is 133 cm³/mol. The van der Waals surface area contributed by atoms with Gasteiger partial charge in [-0.1, -0.05) is 117 Å². The number of hydrogen-bond donors (Lipinski definition) is 2. The van der Waals surface area contributed by atoms with Gasteiger partial charge in [-0.15, -0.1) is 0 Å². The summed E-state index contributed by atoms with van der Waals surface area (Å²) >= 11 is 0. The highest BCUT2D eigenvalue weighted by Gasteiger charge is 2.23. The van der Waals surface area contributed by atoms with E-state index >= 15 is 0 Å². The molecular formula is C28H46O4. The van der Waals surface area contributed by atoms with Crippen LogP contribution in [-0.2, 0) is 6.42 Å². The lowest BCUT2D eigenvalue weighted by Crippen LogP contribution is -2.14. The average molecular weight is 447 g/mol. The molecule has 32 heavy (non-hydrogen) atoms. The third-order valence-electron chi connectivity index (χ3n) is 6.45. The molecular weight excluding hydrogens is 400 g/mol. The van der Waals surface area contributed by atoms with Gasteiger partial charge in [-0.05, 0) is 36.0 Å². The monoisotopic (exact) mass is 446 g/mol. The first-order chi connectivity index (χ1) is 15.4. The van der Waals surface area contributed by atoms with Crippen LogP contribution in [0.4, 0.5) is 0 Å². The summed E-state index contributed by atoms with van der Waals surface area (Å²) in [7, 11) is 0. The minimum absolute atomic E-state index is 0.0194. The smallest absolute Gasteiger partial charge is 0.336 e. The molecule has 0 saturated carbocycles. The zero-order chi connectivity index (χ0) is 23.8. The van der Waals surface area contributed by atoms with Crippen molar-refractivity contribution in [1.82, 2.24) is 0 Å². The number of carboxylic acid groups (broad SMARTS) is 2. The van der Waals surface area contributed by atoms with Crippen LogP contribution in [0.3, 0.4) is 0 Å². The van der Waals surface area contributed by atoms with E-state index in [1.807, 2.05) is 13.8 Å². The van der Waals surface area contributed by atoms with Crippen molar-refractivity contribution < 1.29 is 19.8 Å². The van der Waals surface area contributed by atoms with E-state index in [1.165, 1.54) is 83.1 Å². The van der Waals surface area contributed by atoms with Gasteiger partial charge in [0.25, 0.3) is 0 Å². The van der Waals surface area contributed by atoms with Crippen molar-refractivity contribution in [1.29, 1.82) is 0 Å². The molecule has 0 bridgehead atoms. The second kappa shape index (κ2) is 16.7. The molecule has 1 aromatic rings. The summed E-state index contributed by atoms with van der Waals surface area (Å²) in [5, 5.41) is 19.1.